The zero-order valence-electron chi connectivity index (χ0n) is 14.3. The maximum Gasteiger partial charge on any atom is 0.238 e. The summed E-state index contributed by atoms with van der Waals surface area (Å²) in [5.74, 6) is 0.669. The van der Waals surface area contributed by atoms with E-state index < -0.39 is 0 Å². The summed E-state index contributed by atoms with van der Waals surface area (Å²) in [5, 5.41) is 4.20. The fourth-order valence-electron chi connectivity index (χ4n) is 3.36. The highest BCUT2D eigenvalue weighted by molar-refractivity contribution is 5.99. The minimum atomic E-state index is -0.137. The third kappa shape index (κ3) is 1.89. The van der Waals surface area contributed by atoms with E-state index in [1.807, 2.05) is 18.3 Å². The number of nitrogens with zero attached hydrogens (tertiary/aromatic N) is 5. The number of fused-ring (bicyclic) bond motifs is 2. The fraction of sp³-hybridized carbons (Fsp3) is 0.333. The Morgan fingerprint density at radius 2 is 2.00 bits per heavy atom. The molecule has 0 saturated heterocycles. The molecule has 0 amide bonds. The topological polar surface area (TPSA) is 81.5 Å². The van der Waals surface area contributed by atoms with Gasteiger partial charge in [-0.1, -0.05) is 13.8 Å². The van der Waals surface area contributed by atoms with Crippen molar-refractivity contribution in [1.29, 1.82) is 0 Å². The van der Waals surface area contributed by atoms with Crippen molar-refractivity contribution in [1.82, 2.24) is 19.6 Å². The van der Waals surface area contributed by atoms with E-state index in [0.717, 1.165) is 33.9 Å². The third-order valence-electron chi connectivity index (χ3n) is 5.27. The molecule has 0 radical (unpaired) electrons. The van der Waals surface area contributed by atoms with E-state index in [4.69, 9.17) is 15.7 Å². The van der Waals surface area contributed by atoms with Crippen LogP contribution in [0.2, 0.25) is 0 Å². The Morgan fingerprint density at radius 1 is 1.21 bits per heavy atom. The molecule has 3 aromatic rings. The number of nitrogens with two attached hydrogens (primary N) is 1. The summed E-state index contributed by atoms with van der Waals surface area (Å²) in [6, 6.07) is 6.05. The van der Waals surface area contributed by atoms with Gasteiger partial charge >= 0.3 is 0 Å². The first-order valence-corrected chi connectivity index (χ1v) is 8.09. The van der Waals surface area contributed by atoms with Gasteiger partial charge in [-0.15, -0.1) is 5.10 Å². The average molecular weight is 320 g/mol. The Kier molecular flexibility index (Phi) is 3.00. The molecular formula is C18H20N6. The van der Waals surface area contributed by atoms with Crippen molar-refractivity contribution in [3.63, 3.8) is 0 Å². The molecule has 0 saturated carbocycles. The van der Waals surface area contributed by atoms with Gasteiger partial charge in [0.25, 0.3) is 0 Å². The molecule has 0 aliphatic carbocycles. The average Bonchev–Trinajstić information content (AvgIpc) is 3.07. The van der Waals surface area contributed by atoms with Crippen LogP contribution in [0.5, 0.6) is 0 Å². The summed E-state index contributed by atoms with van der Waals surface area (Å²) in [7, 11) is 0. The van der Waals surface area contributed by atoms with Crippen LogP contribution in [0, 0.1) is 5.92 Å². The van der Waals surface area contributed by atoms with Crippen molar-refractivity contribution >= 4 is 22.9 Å². The molecule has 6 heteroatoms. The van der Waals surface area contributed by atoms with E-state index in [-0.39, 0.29) is 11.4 Å². The maximum absolute atomic E-state index is 5.66. The van der Waals surface area contributed by atoms with Crippen LogP contribution >= 0.6 is 0 Å². The second kappa shape index (κ2) is 4.87. The first-order valence-electron chi connectivity index (χ1n) is 8.09. The first-order chi connectivity index (χ1) is 11.4. The van der Waals surface area contributed by atoms with Gasteiger partial charge in [-0.2, -0.15) is 0 Å². The molecule has 1 unspecified atom stereocenters. The van der Waals surface area contributed by atoms with Crippen LogP contribution < -0.4 is 5.73 Å². The summed E-state index contributed by atoms with van der Waals surface area (Å²) in [4.78, 5) is 13.8. The van der Waals surface area contributed by atoms with Crippen molar-refractivity contribution in [2.75, 3.05) is 5.73 Å². The maximum atomic E-state index is 5.66. The molecule has 6 nitrogen and oxygen atoms in total. The number of aromatic nitrogens is 4. The summed E-state index contributed by atoms with van der Waals surface area (Å²) in [6.45, 7) is 8.74. The highest BCUT2D eigenvalue weighted by Crippen LogP contribution is 2.44. The van der Waals surface area contributed by atoms with Gasteiger partial charge in [0.1, 0.15) is 0 Å². The number of hydrogen-bond acceptors (Lipinski definition) is 5. The zero-order valence-corrected chi connectivity index (χ0v) is 14.3. The zero-order chi connectivity index (χ0) is 17.1. The van der Waals surface area contributed by atoms with E-state index in [9.17, 15) is 0 Å². The van der Waals surface area contributed by atoms with Crippen LogP contribution in [0.15, 0.2) is 35.6 Å². The lowest BCUT2D eigenvalue weighted by Gasteiger charge is -2.29. The van der Waals surface area contributed by atoms with E-state index in [1.165, 1.54) is 0 Å². The molecule has 1 aliphatic heterocycles. The molecule has 4 rings (SSSR count). The monoisotopic (exact) mass is 320 g/mol. The van der Waals surface area contributed by atoms with E-state index in [2.05, 4.69) is 43.8 Å². The lowest BCUT2D eigenvalue weighted by molar-refractivity contribution is 0.446. The van der Waals surface area contributed by atoms with Crippen molar-refractivity contribution in [3.05, 3.63) is 36.3 Å². The summed E-state index contributed by atoms with van der Waals surface area (Å²) < 4.78 is 1.73. The number of pyridine rings is 1. The van der Waals surface area contributed by atoms with Crippen molar-refractivity contribution < 1.29 is 0 Å². The molecule has 24 heavy (non-hydrogen) atoms. The second-order valence-electron chi connectivity index (χ2n) is 6.79. The predicted molar refractivity (Wildman–Crippen MR) is 95.6 cm³/mol. The Morgan fingerprint density at radius 3 is 2.75 bits per heavy atom. The lowest BCUT2D eigenvalue weighted by atomic mass is 9.73. The Labute approximate surface area is 140 Å². The molecule has 3 aromatic heterocycles. The van der Waals surface area contributed by atoms with Crippen LogP contribution in [0.3, 0.4) is 0 Å². The second-order valence-corrected chi connectivity index (χ2v) is 6.79. The van der Waals surface area contributed by atoms with E-state index >= 15 is 0 Å². The summed E-state index contributed by atoms with van der Waals surface area (Å²) in [5.41, 5.74) is 11.4. The fourth-order valence-corrected chi connectivity index (χ4v) is 3.36. The quantitative estimate of drug-likeness (QED) is 0.784. The Bertz CT molecular complexity index is 984. The molecule has 1 aliphatic rings. The third-order valence-corrected chi connectivity index (χ3v) is 5.27. The van der Waals surface area contributed by atoms with Crippen LogP contribution in [0.1, 0.15) is 33.4 Å². The molecular weight excluding hydrogens is 300 g/mol. The molecule has 0 bridgehead atoms. The largest absolute Gasteiger partial charge is 0.367 e. The van der Waals surface area contributed by atoms with Crippen molar-refractivity contribution in [3.8, 4) is 11.3 Å². The minimum absolute atomic E-state index is 0.137. The van der Waals surface area contributed by atoms with Gasteiger partial charge in [0.15, 0.2) is 0 Å². The molecule has 0 aromatic carbocycles. The molecule has 4 heterocycles. The number of nitrogen functional groups attached to an aromatic ring is 1. The lowest BCUT2D eigenvalue weighted by Crippen LogP contribution is -2.34. The SMILES string of the molecule is CC1=Nc2ccc(-c3ccn4nc(N)ncc34)nc2C1(C)C(C)C. The van der Waals surface area contributed by atoms with Gasteiger partial charge in [0.2, 0.25) is 5.95 Å². The number of aliphatic imine (C=N–C) groups is 1. The van der Waals surface area contributed by atoms with Crippen LogP contribution in [-0.4, -0.2) is 25.3 Å². The molecule has 122 valence electrons. The van der Waals surface area contributed by atoms with Gasteiger partial charge in [0.05, 0.1) is 34.2 Å². The highest BCUT2D eigenvalue weighted by atomic mass is 15.3. The van der Waals surface area contributed by atoms with Crippen LogP contribution in [0.25, 0.3) is 16.8 Å². The summed E-state index contributed by atoms with van der Waals surface area (Å²) in [6.07, 6.45) is 3.61. The minimum Gasteiger partial charge on any atom is -0.367 e. The smallest absolute Gasteiger partial charge is 0.238 e. The summed E-state index contributed by atoms with van der Waals surface area (Å²) >= 11 is 0. The number of hydrogen-bond donors (Lipinski definition) is 1. The molecule has 2 N–H and O–H groups in total. The van der Waals surface area contributed by atoms with Gasteiger partial charge in [-0.25, -0.2) is 14.5 Å². The van der Waals surface area contributed by atoms with Gasteiger partial charge in [-0.3, -0.25) is 4.99 Å². The van der Waals surface area contributed by atoms with E-state index in [1.54, 1.807) is 10.7 Å². The standard InChI is InChI=1S/C18H20N6/c1-10(2)18(4)11(3)21-14-6-5-13(22-16(14)18)12-7-8-24-15(12)9-20-17(19)23-24/h5-10H,1-4H3,(H2,19,23). The van der Waals surface area contributed by atoms with Gasteiger partial charge in [0, 0.05) is 17.5 Å². The normalized spacial score (nSPS) is 19.8. The van der Waals surface area contributed by atoms with E-state index in [0.29, 0.717) is 5.92 Å². The van der Waals surface area contributed by atoms with Gasteiger partial charge in [-0.05, 0) is 38.0 Å². The van der Waals surface area contributed by atoms with Crippen LogP contribution in [-0.2, 0) is 5.41 Å². The number of rotatable bonds is 2. The van der Waals surface area contributed by atoms with Crippen molar-refractivity contribution in [2.24, 2.45) is 10.9 Å². The highest BCUT2D eigenvalue weighted by Gasteiger charge is 2.41. The van der Waals surface area contributed by atoms with Gasteiger partial charge < -0.3 is 5.73 Å². The Hall–Kier alpha value is -2.76. The van der Waals surface area contributed by atoms with Crippen LogP contribution in [0.4, 0.5) is 11.6 Å². The first kappa shape index (κ1) is 14.8. The Balaban J connectivity index is 1.89. The van der Waals surface area contributed by atoms with Crippen molar-refractivity contribution in [2.45, 2.75) is 33.1 Å². The molecule has 0 fully saturated rings. The molecule has 0 spiro atoms. The predicted octanol–water partition coefficient (Wildman–Crippen LogP) is 3.39. The number of anilines is 1. The molecule has 1 atom stereocenters.